The number of nitrogens with zero attached hydrogens (tertiary/aromatic N) is 2. The largest absolute Gasteiger partial charge is 0.368 e. The standard InChI is InChI=1S/C23H29N3O2/c1-18(2)11-12-24-22(27)19-7-6-8-20(17-19)23(28)26-15-13-25(14-16-26)21-9-4-3-5-10-21/h3-10,17-18H,11-16H2,1-2H3,(H,24,27). The number of piperazine rings is 1. The van der Waals surface area contributed by atoms with E-state index in [2.05, 4.69) is 36.2 Å². The first kappa shape index (κ1) is 19.9. The molecule has 2 amide bonds. The molecular formula is C23H29N3O2. The van der Waals surface area contributed by atoms with E-state index < -0.39 is 0 Å². The molecule has 1 heterocycles. The Morgan fingerprint density at radius 3 is 2.29 bits per heavy atom. The van der Waals surface area contributed by atoms with Crippen molar-refractivity contribution in [2.24, 2.45) is 5.92 Å². The molecule has 0 unspecified atom stereocenters. The summed E-state index contributed by atoms with van der Waals surface area (Å²) in [4.78, 5) is 29.4. The molecule has 28 heavy (non-hydrogen) atoms. The van der Waals surface area contributed by atoms with E-state index in [1.54, 1.807) is 24.3 Å². The van der Waals surface area contributed by atoms with Crippen LogP contribution in [0, 0.1) is 5.92 Å². The van der Waals surface area contributed by atoms with Crippen LogP contribution in [0.15, 0.2) is 54.6 Å². The Labute approximate surface area is 167 Å². The second-order valence-electron chi connectivity index (χ2n) is 7.63. The highest BCUT2D eigenvalue weighted by Crippen LogP contribution is 2.17. The average molecular weight is 380 g/mol. The first-order valence-electron chi connectivity index (χ1n) is 10.0. The van der Waals surface area contributed by atoms with Crippen LogP contribution in [-0.4, -0.2) is 49.4 Å². The van der Waals surface area contributed by atoms with Gasteiger partial charge in [-0.3, -0.25) is 9.59 Å². The molecule has 0 radical (unpaired) electrons. The van der Waals surface area contributed by atoms with Crippen LogP contribution in [0.1, 0.15) is 41.0 Å². The van der Waals surface area contributed by atoms with E-state index in [4.69, 9.17) is 0 Å². The fourth-order valence-corrected chi connectivity index (χ4v) is 3.36. The van der Waals surface area contributed by atoms with Gasteiger partial charge in [0.2, 0.25) is 0 Å². The van der Waals surface area contributed by atoms with Crippen molar-refractivity contribution in [3.8, 4) is 0 Å². The third kappa shape index (κ3) is 5.12. The molecule has 0 spiro atoms. The van der Waals surface area contributed by atoms with Crippen molar-refractivity contribution in [1.82, 2.24) is 10.2 Å². The molecule has 5 heteroatoms. The van der Waals surface area contributed by atoms with Crippen molar-refractivity contribution in [2.75, 3.05) is 37.6 Å². The van der Waals surface area contributed by atoms with Gasteiger partial charge in [-0.2, -0.15) is 0 Å². The van der Waals surface area contributed by atoms with Gasteiger partial charge in [0, 0.05) is 49.5 Å². The second kappa shape index (κ2) is 9.40. The van der Waals surface area contributed by atoms with Gasteiger partial charge in [0.15, 0.2) is 0 Å². The lowest BCUT2D eigenvalue weighted by molar-refractivity contribution is 0.0747. The van der Waals surface area contributed by atoms with Crippen LogP contribution in [0.2, 0.25) is 0 Å². The number of hydrogen-bond acceptors (Lipinski definition) is 3. The monoisotopic (exact) mass is 379 g/mol. The third-order valence-electron chi connectivity index (χ3n) is 5.07. The Hall–Kier alpha value is -2.82. The van der Waals surface area contributed by atoms with E-state index >= 15 is 0 Å². The number of carbonyl (C=O) groups excluding carboxylic acids is 2. The molecule has 1 N–H and O–H groups in total. The predicted molar refractivity (Wildman–Crippen MR) is 113 cm³/mol. The summed E-state index contributed by atoms with van der Waals surface area (Å²) in [7, 11) is 0. The summed E-state index contributed by atoms with van der Waals surface area (Å²) in [6, 6.07) is 17.3. The topological polar surface area (TPSA) is 52.7 Å². The molecule has 0 aromatic heterocycles. The molecule has 0 aliphatic carbocycles. The highest BCUT2D eigenvalue weighted by Gasteiger charge is 2.22. The lowest BCUT2D eigenvalue weighted by Crippen LogP contribution is -2.48. The lowest BCUT2D eigenvalue weighted by atomic mass is 10.1. The minimum atomic E-state index is -0.121. The molecule has 1 aliphatic rings. The summed E-state index contributed by atoms with van der Waals surface area (Å²) in [5.74, 6) is 0.413. The van der Waals surface area contributed by atoms with Gasteiger partial charge >= 0.3 is 0 Å². The number of anilines is 1. The molecule has 1 saturated heterocycles. The van der Waals surface area contributed by atoms with Gasteiger partial charge in [-0.25, -0.2) is 0 Å². The SMILES string of the molecule is CC(C)CCNC(=O)c1cccc(C(=O)N2CCN(c3ccccc3)CC2)c1. The highest BCUT2D eigenvalue weighted by atomic mass is 16.2. The second-order valence-corrected chi connectivity index (χ2v) is 7.63. The molecule has 2 aromatic rings. The smallest absolute Gasteiger partial charge is 0.253 e. The third-order valence-corrected chi connectivity index (χ3v) is 5.07. The lowest BCUT2D eigenvalue weighted by Gasteiger charge is -2.36. The van der Waals surface area contributed by atoms with Gasteiger partial charge in [-0.1, -0.05) is 38.1 Å². The summed E-state index contributed by atoms with van der Waals surface area (Å²) in [6.45, 7) is 7.88. The minimum Gasteiger partial charge on any atom is -0.368 e. The maximum absolute atomic E-state index is 12.9. The number of benzene rings is 2. The molecule has 148 valence electrons. The quantitative estimate of drug-likeness (QED) is 0.837. The highest BCUT2D eigenvalue weighted by molar-refractivity contribution is 5.99. The van der Waals surface area contributed by atoms with Crippen molar-refractivity contribution in [2.45, 2.75) is 20.3 Å². The van der Waals surface area contributed by atoms with Crippen molar-refractivity contribution in [3.63, 3.8) is 0 Å². The Kier molecular flexibility index (Phi) is 6.69. The summed E-state index contributed by atoms with van der Waals surface area (Å²) in [5, 5.41) is 2.93. The van der Waals surface area contributed by atoms with Gasteiger partial charge in [0.25, 0.3) is 11.8 Å². The summed E-state index contributed by atoms with van der Waals surface area (Å²) in [6.07, 6.45) is 0.941. The molecule has 0 bridgehead atoms. The molecule has 0 atom stereocenters. The molecule has 3 rings (SSSR count). The van der Waals surface area contributed by atoms with Crippen LogP contribution in [0.3, 0.4) is 0 Å². The maximum atomic E-state index is 12.9. The van der Waals surface area contributed by atoms with Crippen LogP contribution < -0.4 is 10.2 Å². The number of rotatable bonds is 6. The fraction of sp³-hybridized carbons (Fsp3) is 0.391. The van der Waals surface area contributed by atoms with Crippen LogP contribution >= 0.6 is 0 Å². The molecule has 0 saturated carbocycles. The van der Waals surface area contributed by atoms with E-state index in [1.165, 1.54) is 5.69 Å². The van der Waals surface area contributed by atoms with Gasteiger partial charge in [0.1, 0.15) is 0 Å². The molecular weight excluding hydrogens is 350 g/mol. The zero-order valence-electron chi connectivity index (χ0n) is 16.7. The van der Waals surface area contributed by atoms with Crippen molar-refractivity contribution in [1.29, 1.82) is 0 Å². The molecule has 2 aromatic carbocycles. The van der Waals surface area contributed by atoms with Gasteiger partial charge < -0.3 is 15.1 Å². The molecule has 1 fully saturated rings. The average Bonchev–Trinajstić information content (AvgIpc) is 2.74. The van der Waals surface area contributed by atoms with Crippen molar-refractivity contribution < 1.29 is 9.59 Å². The van der Waals surface area contributed by atoms with Crippen LogP contribution in [-0.2, 0) is 0 Å². The Balaban J connectivity index is 1.58. The number of nitrogens with one attached hydrogen (secondary N) is 1. The van der Waals surface area contributed by atoms with E-state index in [1.807, 2.05) is 23.1 Å². The van der Waals surface area contributed by atoms with Crippen LogP contribution in [0.5, 0.6) is 0 Å². The van der Waals surface area contributed by atoms with Gasteiger partial charge in [0.05, 0.1) is 0 Å². The summed E-state index contributed by atoms with van der Waals surface area (Å²) >= 11 is 0. The minimum absolute atomic E-state index is 0.00968. The number of carbonyl (C=O) groups is 2. The Morgan fingerprint density at radius 1 is 0.929 bits per heavy atom. The van der Waals surface area contributed by atoms with Crippen molar-refractivity contribution >= 4 is 17.5 Å². The zero-order chi connectivity index (χ0) is 19.9. The molecule has 1 aliphatic heterocycles. The van der Waals surface area contributed by atoms with Gasteiger partial charge in [-0.15, -0.1) is 0 Å². The van der Waals surface area contributed by atoms with E-state index in [-0.39, 0.29) is 11.8 Å². The number of amides is 2. The first-order valence-corrected chi connectivity index (χ1v) is 10.0. The van der Waals surface area contributed by atoms with Gasteiger partial charge in [-0.05, 0) is 42.7 Å². The van der Waals surface area contributed by atoms with Crippen LogP contribution in [0.25, 0.3) is 0 Å². The predicted octanol–water partition coefficient (Wildman–Crippen LogP) is 3.42. The molecule has 5 nitrogen and oxygen atoms in total. The van der Waals surface area contributed by atoms with E-state index in [9.17, 15) is 9.59 Å². The summed E-state index contributed by atoms with van der Waals surface area (Å²) in [5.41, 5.74) is 2.30. The van der Waals surface area contributed by atoms with E-state index in [0.717, 1.165) is 19.5 Å². The van der Waals surface area contributed by atoms with Crippen LogP contribution in [0.4, 0.5) is 5.69 Å². The fourth-order valence-electron chi connectivity index (χ4n) is 3.36. The number of hydrogen-bond donors (Lipinski definition) is 1. The van der Waals surface area contributed by atoms with Crippen molar-refractivity contribution in [3.05, 3.63) is 65.7 Å². The summed E-state index contributed by atoms with van der Waals surface area (Å²) < 4.78 is 0. The Bertz CT molecular complexity index is 797. The zero-order valence-corrected chi connectivity index (χ0v) is 16.7. The maximum Gasteiger partial charge on any atom is 0.253 e. The number of para-hydroxylation sites is 1. The normalized spacial score (nSPS) is 14.2. The Morgan fingerprint density at radius 2 is 1.61 bits per heavy atom. The first-order chi connectivity index (χ1) is 13.5. The van der Waals surface area contributed by atoms with E-state index in [0.29, 0.717) is 36.7 Å².